The molecule has 1 amide bonds. The first-order valence-electron chi connectivity index (χ1n) is 6.52. The van der Waals surface area contributed by atoms with Crippen LogP contribution in [-0.4, -0.2) is 24.0 Å². The summed E-state index contributed by atoms with van der Waals surface area (Å²) in [7, 11) is 0. The van der Waals surface area contributed by atoms with Gasteiger partial charge in [-0.25, -0.2) is 9.37 Å². The molecule has 0 aliphatic carbocycles. The summed E-state index contributed by atoms with van der Waals surface area (Å²) in [4.78, 5) is 17.1. The van der Waals surface area contributed by atoms with Crippen molar-refractivity contribution in [1.29, 1.82) is 0 Å². The molecule has 0 saturated heterocycles. The lowest BCUT2D eigenvalue weighted by Gasteiger charge is -2.10. The van der Waals surface area contributed by atoms with Gasteiger partial charge < -0.3 is 10.6 Å². The summed E-state index contributed by atoms with van der Waals surface area (Å²) in [6.45, 7) is 2.94. The van der Waals surface area contributed by atoms with Crippen molar-refractivity contribution in [2.75, 3.05) is 18.4 Å². The van der Waals surface area contributed by atoms with Crippen molar-refractivity contribution in [3.05, 3.63) is 45.0 Å². The number of amides is 1. The summed E-state index contributed by atoms with van der Waals surface area (Å²) in [6.07, 6.45) is 1.77. The molecule has 7 heteroatoms. The van der Waals surface area contributed by atoms with Crippen molar-refractivity contribution in [2.24, 2.45) is 0 Å². The standard InChI is InChI=1S/C14H15ClFN3OS/c1-2-17-13-11(7-9(16)8-19-13)14(20)18-6-5-10-3-4-12(15)21-10/h3-4,7-8H,2,5-6H2,1H3,(H,17,19)(H,18,20). The molecule has 0 aliphatic rings. The van der Waals surface area contributed by atoms with E-state index in [4.69, 9.17) is 11.6 Å². The summed E-state index contributed by atoms with van der Waals surface area (Å²) >= 11 is 7.32. The number of anilines is 1. The second kappa shape index (κ2) is 7.38. The summed E-state index contributed by atoms with van der Waals surface area (Å²) in [6, 6.07) is 4.93. The second-order valence-electron chi connectivity index (χ2n) is 4.29. The molecule has 2 aromatic heterocycles. The Morgan fingerprint density at radius 3 is 2.95 bits per heavy atom. The van der Waals surface area contributed by atoms with E-state index in [-0.39, 0.29) is 11.5 Å². The van der Waals surface area contributed by atoms with Crippen molar-refractivity contribution in [1.82, 2.24) is 10.3 Å². The lowest BCUT2D eigenvalue weighted by atomic mass is 10.2. The Hall–Kier alpha value is -1.66. The summed E-state index contributed by atoms with van der Waals surface area (Å²) < 4.78 is 14.0. The van der Waals surface area contributed by atoms with Crippen molar-refractivity contribution >= 4 is 34.7 Å². The zero-order valence-corrected chi connectivity index (χ0v) is 13.0. The van der Waals surface area contributed by atoms with E-state index in [9.17, 15) is 9.18 Å². The summed E-state index contributed by atoms with van der Waals surface area (Å²) in [5.74, 6) is -0.497. The Morgan fingerprint density at radius 2 is 2.29 bits per heavy atom. The first kappa shape index (κ1) is 15.7. The molecular weight excluding hydrogens is 313 g/mol. The molecule has 0 radical (unpaired) electrons. The molecule has 0 aromatic carbocycles. The molecule has 112 valence electrons. The van der Waals surface area contributed by atoms with Gasteiger partial charge in [0.2, 0.25) is 0 Å². The molecule has 0 bridgehead atoms. The number of thiophene rings is 1. The average molecular weight is 328 g/mol. The molecule has 2 N–H and O–H groups in total. The van der Waals surface area contributed by atoms with Crippen molar-refractivity contribution in [2.45, 2.75) is 13.3 Å². The van der Waals surface area contributed by atoms with Crippen LogP contribution in [0.4, 0.5) is 10.2 Å². The minimum Gasteiger partial charge on any atom is -0.370 e. The number of carbonyl (C=O) groups is 1. The van der Waals surface area contributed by atoms with Gasteiger partial charge in [0.05, 0.1) is 16.1 Å². The Labute approximate surface area is 131 Å². The topological polar surface area (TPSA) is 54.0 Å². The molecule has 0 aliphatic heterocycles. The largest absolute Gasteiger partial charge is 0.370 e. The molecule has 0 saturated carbocycles. The van der Waals surface area contributed by atoms with E-state index in [2.05, 4.69) is 15.6 Å². The van der Waals surface area contributed by atoms with Gasteiger partial charge in [0.25, 0.3) is 5.91 Å². The molecule has 21 heavy (non-hydrogen) atoms. The van der Waals surface area contributed by atoms with Gasteiger partial charge in [0, 0.05) is 18.0 Å². The Kier molecular flexibility index (Phi) is 5.52. The highest BCUT2D eigenvalue weighted by Gasteiger charge is 2.13. The highest BCUT2D eigenvalue weighted by molar-refractivity contribution is 7.16. The van der Waals surface area contributed by atoms with Crippen molar-refractivity contribution < 1.29 is 9.18 Å². The quantitative estimate of drug-likeness (QED) is 0.855. The molecule has 0 unspecified atom stereocenters. The number of carbonyl (C=O) groups excluding carboxylic acids is 1. The number of hydrogen-bond donors (Lipinski definition) is 2. The third kappa shape index (κ3) is 4.41. The van der Waals surface area contributed by atoms with Gasteiger partial charge >= 0.3 is 0 Å². The van der Waals surface area contributed by atoms with Crippen LogP contribution < -0.4 is 10.6 Å². The molecule has 2 aromatic rings. The van der Waals surface area contributed by atoms with Crippen molar-refractivity contribution in [3.63, 3.8) is 0 Å². The van der Waals surface area contributed by atoms with Gasteiger partial charge in [0.15, 0.2) is 0 Å². The van der Waals surface area contributed by atoms with Crippen LogP contribution in [0.3, 0.4) is 0 Å². The van der Waals surface area contributed by atoms with Crippen LogP contribution in [0.5, 0.6) is 0 Å². The zero-order chi connectivity index (χ0) is 15.2. The highest BCUT2D eigenvalue weighted by Crippen LogP contribution is 2.21. The van der Waals surface area contributed by atoms with E-state index in [1.807, 2.05) is 19.1 Å². The van der Waals surface area contributed by atoms with E-state index >= 15 is 0 Å². The van der Waals surface area contributed by atoms with E-state index in [1.165, 1.54) is 17.4 Å². The third-order valence-corrected chi connectivity index (χ3v) is 4.02. The van der Waals surface area contributed by atoms with Crippen LogP contribution in [0.15, 0.2) is 24.4 Å². The normalized spacial score (nSPS) is 10.4. The molecule has 2 rings (SSSR count). The summed E-state index contributed by atoms with van der Waals surface area (Å²) in [5, 5.41) is 5.70. The van der Waals surface area contributed by atoms with E-state index in [1.54, 1.807) is 0 Å². The van der Waals surface area contributed by atoms with E-state index in [0.717, 1.165) is 15.4 Å². The SMILES string of the molecule is CCNc1ncc(F)cc1C(=O)NCCc1ccc(Cl)s1. The lowest BCUT2D eigenvalue weighted by Crippen LogP contribution is -2.27. The maximum atomic E-state index is 13.3. The van der Waals surface area contributed by atoms with Crippen LogP contribution in [0.25, 0.3) is 0 Å². The molecular formula is C14H15ClFN3OS. The molecule has 0 spiro atoms. The van der Waals surface area contributed by atoms with Crippen LogP contribution in [0.1, 0.15) is 22.2 Å². The van der Waals surface area contributed by atoms with Crippen LogP contribution >= 0.6 is 22.9 Å². The molecule has 4 nitrogen and oxygen atoms in total. The van der Waals surface area contributed by atoms with Gasteiger partial charge in [0.1, 0.15) is 11.6 Å². The maximum absolute atomic E-state index is 13.3. The predicted octanol–water partition coefficient (Wildman–Crippen LogP) is 3.34. The minimum absolute atomic E-state index is 0.209. The van der Waals surface area contributed by atoms with Gasteiger partial charge in [-0.15, -0.1) is 11.3 Å². The highest BCUT2D eigenvalue weighted by atomic mass is 35.5. The smallest absolute Gasteiger partial charge is 0.255 e. The minimum atomic E-state index is -0.535. The van der Waals surface area contributed by atoms with Gasteiger partial charge in [-0.05, 0) is 31.5 Å². The Morgan fingerprint density at radius 1 is 1.48 bits per heavy atom. The summed E-state index contributed by atoms with van der Waals surface area (Å²) in [5.41, 5.74) is 0.209. The predicted molar refractivity (Wildman–Crippen MR) is 83.7 cm³/mol. The molecule has 0 fully saturated rings. The number of rotatable bonds is 6. The second-order valence-corrected chi connectivity index (χ2v) is 6.09. The van der Waals surface area contributed by atoms with Gasteiger partial charge in [-0.2, -0.15) is 0 Å². The van der Waals surface area contributed by atoms with Gasteiger partial charge in [-0.3, -0.25) is 4.79 Å². The van der Waals surface area contributed by atoms with Crippen LogP contribution in [0.2, 0.25) is 4.34 Å². The number of aromatic nitrogens is 1. The van der Waals surface area contributed by atoms with Gasteiger partial charge in [-0.1, -0.05) is 11.6 Å². The van der Waals surface area contributed by atoms with Crippen LogP contribution in [0, 0.1) is 5.82 Å². The lowest BCUT2D eigenvalue weighted by molar-refractivity contribution is 0.0954. The number of hydrogen-bond acceptors (Lipinski definition) is 4. The van der Waals surface area contributed by atoms with Crippen LogP contribution in [-0.2, 0) is 6.42 Å². The zero-order valence-electron chi connectivity index (χ0n) is 11.5. The fourth-order valence-corrected chi connectivity index (χ4v) is 2.89. The monoisotopic (exact) mass is 327 g/mol. The maximum Gasteiger partial charge on any atom is 0.255 e. The van der Waals surface area contributed by atoms with Crippen molar-refractivity contribution in [3.8, 4) is 0 Å². The van der Waals surface area contributed by atoms with E-state index < -0.39 is 5.82 Å². The Bertz CT molecular complexity index is 632. The first-order valence-corrected chi connectivity index (χ1v) is 7.71. The Balaban J connectivity index is 1.97. The number of nitrogens with zero attached hydrogens (tertiary/aromatic N) is 1. The number of pyridine rings is 1. The third-order valence-electron chi connectivity index (χ3n) is 2.73. The first-order chi connectivity index (χ1) is 10.1. The fourth-order valence-electron chi connectivity index (χ4n) is 1.80. The van der Waals surface area contributed by atoms with E-state index in [0.29, 0.717) is 25.3 Å². The molecule has 2 heterocycles. The average Bonchev–Trinajstić information content (AvgIpc) is 2.86. The molecule has 0 atom stereocenters. The number of nitrogens with one attached hydrogen (secondary N) is 2. The fraction of sp³-hybridized carbons (Fsp3) is 0.286. The number of halogens is 2.